The van der Waals surface area contributed by atoms with Crippen molar-refractivity contribution >= 4 is 10.9 Å². The van der Waals surface area contributed by atoms with Crippen LogP contribution < -0.4 is 0 Å². The number of piperazine rings is 1. The molecule has 19 heavy (non-hydrogen) atoms. The highest BCUT2D eigenvalue weighted by Crippen LogP contribution is 2.28. The molecule has 98 valence electrons. The molecule has 0 saturated carbocycles. The Labute approximate surface area is 113 Å². The van der Waals surface area contributed by atoms with Crippen LogP contribution >= 0.6 is 0 Å². The zero-order valence-electron chi connectivity index (χ0n) is 11.1. The zero-order valence-corrected chi connectivity index (χ0v) is 11.1. The molecule has 1 N–H and O–H groups in total. The van der Waals surface area contributed by atoms with Crippen LogP contribution in [0.15, 0.2) is 30.5 Å². The number of nitrogens with one attached hydrogen (secondary N) is 1. The number of likely N-dealkylation sites (N-methyl/N-ethyl adjacent to an activating group) is 1. The molecule has 1 aliphatic heterocycles. The maximum absolute atomic E-state index is 9.56. The number of hydrogen-bond donors (Lipinski definition) is 1. The lowest BCUT2D eigenvalue weighted by molar-refractivity contribution is 0.133. The first-order chi connectivity index (χ1) is 9.29. The fourth-order valence-corrected chi connectivity index (χ4v) is 2.75. The first kappa shape index (κ1) is 12.2. The van der Waals surface area contributed by atoms with Crippen LogP contribution in [0.3, 0.4) is 0 Å². The molecule has 0 spiro atoms. The Morgan fingerprint density at radius 1 is 1.21 bits per heavy atom. The van der Waals surface area contributed by atoms with Gasteiger partial charge in [-0.25, -0.2) is 0 Å². The van der Waals surface area contributed by atoms with Crippen molar-refractivity contribution in [3.05, 3.63) is 36.0 Å². The molecule has 0 aliphatic carbocycles. The van der Waals surface area contributed by atoms with Crippen molar-refractivity contribution in [1.29, 1.82) is 5.26 Å². The molecule has 4 heteroatoms. The molecule has 0 radical (unpaired) electrons. The van der Waals surface area contributed by atoms with Crippen molar-refractivity contribution in [1.82, 2.24) is 14.8 Å². The number of hydrogen-bond acceptors (Lipinski definition) is 3. The molecule has 1 atom stereocenters. The third-order valence-electron chi connectivity index (χ3n) is 3.94. The number of H-pyrrole nitrogens is 1. The Bertz CT molecular complexity index is 602. The minimum atomic E-state index is -0.148. The van der Waals surface area contributed by atoms with Crippen LogP contribution in [0, 0.1) is 11.3 Å². The first-order valence-corrected chi connectivity index (χ1v) is 6.68. The number of nitrogens with zero attached hydrogens (tertiary/aromatic N) is 3. The molecule has 4 nitrogen and oxygen atoms in total. The number of aromatic nitrogens is 1. The highest BCUT2D eigenvalue weighted by atomic mass is 15.3. The van der Waals surface area contributed by atoms with Crippen LogP contribution in [-0.2, 0) is 0 Å². The van der Waals surface area contributed by atoms with E-state index in [-0.39, 0.29) is 6.04 Å². The molecule has 3 rings (SSSR count). The second-order valence-electron chi connectivity index (χ2n) is 5.16. The molecule has 1 aliphatic rings. The Morgan fingerprint density at radius 2 is 1.95 bits per heavy atom. The zero-order chi connectivity index (χ0) is 13.2. The number of benzene rings is 1. The summed E-state index contributed by atoms with van der Waals surface area (Å²) >= 11 is 0. The van der Waals surface area contributed by atoms with Crippen molar-refractivity contribution in [2.75, 3.05) is 33.2 Å². The van der Waals surface area contributed by atoms with Crippen LogP contribution in [0.2, 0.25) is 0 Å². The van der Waals surface area contributed by atoms with E-state index in [2.05, 4.69) is 40.0 Å². The summed E-state index contributed by atoms with van der Waals surface area (Å²) in [5, 5.41) is 10.7. The Morgan fingerprint density at radius 3 is 2.68 bits per heavy atom. The SMILES string of the molecule is CN1CCN([C@@H](C#N)c2c[nH]c3ccccc23)CC1. The van der Waals surface area contributed by atoms with Gasteiger partial charge in [-0.05, 0) is 13.1 Å². The van der Waals surface area contributed by atoms with Crippen LogP contribution in [-0.4, -0.2) is 48.0 Å². The largest absolute Gasteiger partial charge is 0.361 e. The van der Waals surface area contributed by atoms with Gasteiger partial charge in [-0.3, -0.25) is 4.90 Å². The van der Waals surface area contributed by atoms with E-state index in [0.29, 0.717) is 0 Å². The smallest absolute Gasteiger partial charge is 0.126 e. The lowest BCUT2D eigenvalue weighted by Gasteiger charge is -2.35. The van der Waals surface area contributed by atoms with Gasteiger partial charge in [0.25, 0.3) is 0 Å². The lowest BCUT2D eigenvalue weighted by atomic mass is 10.0. The molecule has 0 unspecified atom stereocenters. The Balaban J connectivity index is 1.92. The normalized spacial score (nSPS) is 19.4. The molecule has 1 aromatic heterocycles. The second-order valence-corrected chi connectivity index (χ2v) is 5.16. The summed E-state index contributed by atoms with van der Waals surface area (Å²) in [5.41, 5.74) is 2.20. The van der Waals surface area contributed by atoms with Crippen molar-refractivity contribution < 1.29 is 0 Å². The highest BCUT2D eigenvalue weighted by molar-refractivity contribution is 5.83. The van der Waals surface area contributed by atoms with Gasteiger partial charge in [0.1, 0.15) is 6.04 Å². The van der Waals surface area contributed by atoms with Crippen molar-refractivity contribution in [3.8, 4) is 6.07 Å². The van der Waals surface area contributed by atoms with Gasteiger partial charge in [0.15, 0.2) is 0 Å². The standard InChI is InChI=1S/C15H18N4/c1-18-6-8-19(9-7-18)15(10-16)13-11-17-14-5-3-2-4-12(13)14/h2-5,11,15,17H,6-9H2,1H3/t15-/m0/s1. The van der Waals surface area contributed by atoms with E-state index in [0.717, 1.165) is 42.6 Å². The van der Waals surface area contributed by atoms with E-state index in [1.807, 2.05) is 18.3 Å². The van der Waals surface area contributed by atoms with Gasteiger partial charge in [-0.1, -0.05) is 18.2 Å². The van der Waals surface area contributed by atoms with Gasteiger partial charge in [0, 0.05) is 48.8 Å². The topological polar surface area (TPSA) is 46.1 Å². The van der Waals surface area contributed by atoms with E-state index in [4.69, 9.17) is 0 Å². The van der Waals surface area contributed by atoms with Crippen molar-refractivity contribution in [2.45, 2.75) is 6.04 Å². The van der Waals surface area contributed by atoms with E-state index >= 15 is 0 Å². The molecular weight excluding hydrogens is 236 g/mol. The van der Waals surface area contributed by atoms with Crippen molar-refractivity contribution in [2.24, 2.45) is 0 Å². The van der Waals surface area contributed by atoms with E-state index < -0.39 is 0 Å². The van der Waals surface area contributed by atoms with Gasteiger partial charge < -0.3 is 9.88 Å². The fraction of sp³-hybridized carbons (Fsp3) is 0.400. The summed E-state index contributed by atoms with van der Waals surface area (Å²) in [6.07, 6.45) is 1.98. The minimum absolute atomic E-state index is 0.148. The summed E-state index contributed by atoms with van der Waals surface area (Å²) < 4.78 is 0. The monoisotopic (exact) mass is 254 g/mol. The first-order valence-electron chi connectivity index (χ1n) is 6.68. The maximum Gasteiger partial charge on any atom is 0.126 e. The maximum atomic E-state index is 9.56. The molecular formula is C15H18N4. The molecule has 0 bridgehead atoms. The molecule has 2 aromatic rings. The van der Waals surface area contributed by atoms with E-state index in [1.165, 1.54) is 0 Å². The van der Waals surface area contributed by atoms with Crippen molar-refractivity contribution in [3.63, 3.8) is 0 Å². The lowest BCUT2D eigenvalue weighted by Crippen LogP contribution is -2.45. The van der Waals surface area contributed by atoms with Crippen LogP contribution in [0.5, 0.6) is 0 Å². The number of rotatable bonds is 2. The third-order valence-corrected chi connectivity index (χ3v) is 3.94. The average molecular weight is 254 g/mol. The van der Waals surface area contributed by atoms with Gasteiger partial charge in [-0.15, -0.1) is 0 Å². The molecule has 0 amide bonds. The predicted molar refractivity (Wildman–Crippen MR) is 75.7 cm³/mol. The van der Waals surface area contributed by atoms with Crippen LogP contribution in [0.4, 0.5) is 0 Å². The highest BCUT2D eigenvalue weighted by Gasteiger charge is 2.25. The molecule has 1 fully saturated rings. The van der Waals surface area contributed by atoms with Gasteiger partial charge in [0.2, 0.25) is 0 Å². The minimum Gasteiger partial charge on any atom is -0.361 e. The Kier molecular flexibility index (Phi) is 3.24. The summed E-state index contributed by atoms with van der Waals surface area (Å²) in [5.74, 6) is 0. The average Bonchev–Trinajstić information content (AvgIpc) is 2.86. The van der Waals surface area contributed by atoms with Crippen LogP contribution in [0.25, 0.3) is 10.9 Å². The predicted octanol–water partition coefficient (Wildman–Crippen LogP) is 1.98. The summed E-state index contributed by atoms with van der Waals surface area (Å²) in [4.78, 5) is 7.84. The number of nitriles is 1. The number of aromatic amines is 1. The van der Waals surface area contributed by atoms with Gasteiger partial charge in [-0.2, -0.15) is 5.26 Å². The number of para-hydroxylation sites is 1. The van der Waals surface area contributed by atoms with Gasteiger partial charge >= 0.3 is 0 Å². The molecule has 2 heterocycles. The van der Waals surface area contributed by atoms with Crippen LogP contribution in [0.1, 0.15) is 11.6 Å². The second kappa shape index (κ2) is 5.04. The van der Waals surface area contributed by atoms with E-state index in [9.17, 15) is 5.26 Å². The third kappa shape index (κ3) is 2.23. The van der Waals surface area contributed by atoms with E-state index in [1.54, 1.807) is 0 Å². The fourth-order valence-electron chi connectivity index (χ4n) is 2.75. The van der Waals surface area contributed by atoms with Gasteiger partial charge in [0.05, 0.1) is 6.07 Å². The Hall–Kier alpha value is -1.83. The summed E-state index contributed by atoms with van der Waals surface area (Å²) in [7, 11) is 2.13. The summed E-state index contributed by atoms with van der Waals surface area (Å²) in [6.45, 7) is 3.96. The quantitative estimate of drug-likeness (QED) is 0.891. The number of fused-ring (bicyclic) bond motifs is 1. The molecule has 1 saturated heterocycles. The summed E-state index contributed by atoms with van der Waals surface area (Å²) in [6, 6.07) is 10.5. The molecule has 1 aromatic carbocycles.